The van der Waals surface area contributed by atoms with Gasteiger partial charge in [-0.3, -0.25) is 0 Å². The highest BCUT2D eigenvalue weighted by Crippen LogP contribution is 2.35. The van der Waals surface area contributed by atoms with Crippen molar-refractivity contribution < 1.29 is 4.42 Å². The van der Waals surface area contributed by atoms with Crippen molar-refractivity contribution in [3.63, 3.8) is 0 Å². The lowest BCUT2D eigenvalue weighted by molar-refractivity contribution is 0.303. The van der Waals surface area contributed by atoms with Gasteiger partial charge in [-0.25, -0.2) is 4.98 Å². The molecule has 0 aliphatic rings. The summed E-state index contributed by atoms with van der Waals surface area (Å²) in [5.74, 6) is 1.85. The summed E-state index contributed by atoms with van der Waals surface area (Å²) in [6, 6.07) is 5.29. The summed E-state index contributed by atoms with van der Waals surface area (Å²) in [5.41, 5.74) is 0.696. The van der Waals surface area contributed by atoms with Crippen LogP contribution in [0.5, 0.6) is 0 Å². The number of rotatable bonds is 3. The van der Waals surface area contributed by atoms with E-state index in [1.54, 1.807) is 18.3 Å². The first-order chi connectivity index (χ1) is 8.82. The van der Waals surface area contributed by atoms with Crippen LogP contribution in [0.25, 0.3) is 11.5 Å². The van der Waals surface area contributed by atoms with Crippen molar-refractivity contribution in [1.29, 1.82) is 0 Å². The Hall–Kier alpha value is -0.990. The van der Waals surface area contributed by atoms with E-state index >= 15 is 0 Å². The van der Waals surface area contributed by atoms with Gasteiger partial charge in [-0.1, -0.05) is 50.9 Å². The lowest BCUT2D eigenvalue weighted by atomic mass is 9.79. The third-order valence-electron chi connectivity index (χ3n) is 3.75. The van der Waals surface area contributed by atoms with Gasteiger partial charge >= 0.3 is 0 Å². The molecule has 1 heterocycles. The molecule has 1 aromatic carbocycles. The molecule has 0 fully saturated rings. The topological polar surface area (TPSA) is 26.0 Å². The number of aromatic nitrogens is 1. The summed E-state index contributed by atoms with van der Waals surface area (Å²) in [6.07, 6.45) is 1.78. The highest BCUT2D eigenvalue weighted by molar-refractivity contribution is 6.36. The number of oxazole rings is 1. The number of hydrogen-bond donors (Lipinski definition) is 0. The molecule has 19 heavy (non-hydrogen) atoms. The average molecular weight is 298 g/mol. The second kappa shape index (κ2) is 5.18. The van der Waals surface area contributed by atoms with Crippen LogP contribution in [0.1, 0.15) is 33.5 Å². The predicted molar refractivity (Wildman–Crippen MR) is 79.8 cm³/mol. The Kier molecular flexibility index (Phi) is 3.93. The molecule has 0 spiro atoms. The molecule has 0 aliphatic heterocycles. The molecule has 0 atom stereocenters. The van der Waals surface area contributed by atoms with Gasteiger partial charge in [-0.2, -0.15) is 0 Å². The maximum absolute atomic E-state index is 6.17. The minimum absolute atomic E-state index is 0.0653. The first-order valence-electron chi connectivity index (χ1n) is 6.24. The quantitative estimate of drug-likeness (QED) is 0.739. The smallest absolute Gasteiger partial charge is 0.227 e. The van der Waals surface area contributed by atoms with Crippen molar-refractivity contribution in [2.24, 2.45) is 5.92 Å². The summed E-state index contributed by atoms with van der Waals surface area (Å²) in [7, 11) is 0. The van der Waals surface area contributed by atoms with Crippen molar-refractivity contribution in [2.45, 2.75) is 33.1 Å². The van der Waals surface area contributed by atoms with Crippen LogP contribution in [-0.2, 0) is 5.41 Å². The van der Waals surface area contributed by atoms with E-state index in [4.69, 9.17) is 27.6 Å². The van der Waals surface area contributed by atoms with Crippen LogP contribution < -0.4 is 0 Å². The predicted octanol–water partition coefficient (Wildman–Crippen LogP) is 5.58. The molecule has 2 aromatic rings. The molecule has 0 saturated heterocycles. The summed E-state index contributed by atoms with van der Waals surface area (Å²) in [4.78, 5) is 4.33. The van der Waals surface area contributed by atoms with Crippen molar-refractivity contribution in [3.05, 3.63) is 40.2 Å². The van der Waals surface area contributed by atoms with E-state index in [2.05, 4.69) is 32.7 Å². The van der Waals surface area contributed by atoms with Crippen LogP contribution in [0.3, 0.4) is 0 Å². The minimum Gasteiger partial charge on any atom is -0.441 e. The van der Waals surface area contributed by atoms with Crippen molar-refractivity contribution in [1.82, 2.24) is 4.98 Å². The lowest BCUT2D eigenvalue weighted by Gasteiger charge is -2.25. The van der Waals surface area contributed by atoms with Crippen LogP contribution in [0, 0.1) is 5.92 Å². The lowest BCUT2D eigenvalue weighted by Crippen LogP contribution is -2.23. The molecule has 0 amide bonds. The Labute approximate surface area is 123 Å². The van der Waals surface area contributed by atoms with E-state index in [1.807, 2.05) is 6.07 Å². The highest BCUT2D eigenvalue weighted by Gasteiger charge is 2.29. The zero-order valence-electron chi connectivity index (χ0n) is 11.5. The fourth-order valence-corrected chi connectivity index (χ4v) is 2.13. The molecule has 102 valence electrons. The second-order valence-corrected chi connectivity index (χ2v) is 6.37. The standard InChI is InChI=1S/C15H17Cl2NO/c1-9(2)15(3,4)13-8-18-14(19-13)11-6-5-10(16)7-12(11)17/h5-9H,1-4H3. The summed E-state index contributed by atoms with van der Waals surface area (Å²) < 4.78 is 5.88. The Bertz CT molecular complexity index is 588. The Morgan fingerprint density at radius 1 is 1.21 bits per heavy atom. The van der Waals surface area contributed by atoms with E-state index in [0.29, 0.717) is 21.9 Å². The maximum atomic E-state index is 6.17. The molecule has 0 radical (unpaired) electrons. The van der Waals surface area contributed by atoms with Crippen molar-refractivity contribution in [3.8, 4) is 11.5 Å². The summed E-state index contributed by atoms with van der Waals surface area (Å²) >= 11 is 12.1. The van der Waals surface area contributed by atoms with Crippen LogP contribution in [0.2, 0.25) is 10.0 Å². The number of halogens is 2. The largest absolute Gasteiger partial charge is 0.441 e. The molecule has 0 aliphatic carbocycles. The van der Waals surface area contributed by atoms with Crippen molar-refractivity contribution >= 4 is 23.2 Å². The van der Waals surface area contributed by atoms with E-state index in [-0.39, 0.29) is 5.41 Å². The van der Waals surface area contributed by atoms with Gasteiger partial charge < -0.3 is 4.42 Å². The van der Waals surface area contributed by atoms with Crippen LogP contribution >= 0.6 is 23.2 Å². The molecular formula is C15H17Cl2NO. The van der Waals surface area contributed by atoms with Gasteiger partial charge in [-0.15, -0.1) is 0 Å². The third kappa shape index (κ3) is 2.80. The number of nitrogens with zero attached hydrogens (tertiary/aromatic N) is 1. The zero-order chi connectivity index (χ0) is 14.2. The van der Waals surface area contributed by atoms with Crippen LogP contribution in [0.15, 0.2) is 28.8 Å². The molecule has 0 unspecified atom stereocenters. The molecular weight excluding hydrogens is 281 g/mol. The highest BCUT2D eigenvalue weighted by atomic mass is 35.5. The zero-order valence-corrected chi connectivity index (χ0v) is 13.0. The maximum Gasteiger partial charge on any atom is 0.227 e. The fourth-order valence-electron chi connectivity index (χ4n) is 1.64. The van der Waals surface area contributed by atoms with E-state index < -0.39 is 0 Å². The first kappa shape index (κ1) is 14.4. The Morgan fingerprint density at radius 2 is 1.89 bits per heavy atom. The molecule has 0 bridgehead atoms. The first-order valence-corrected chi connectivity index (χ1v) is 6.99. The Morgan fingerprint density at radius 3 is 2.47 bits per heavy atom. The molecule has 2 rings (SSSR count). The van der Waals surface area contributed by atoms with Gasteiger partial charge in [0.15, 0.2) is 0 Å². The third-order valence-corrected chi connectivity index (χ3v) is 4.29. The number of benzene rings is 1. The van der Waals surface area contributed by atoms with E-state index in [0.717, 1.165) is 11.3 Å². The molecule has 0 N–H and O–H groups in total. The number of hydrogen-bond acceptors (Lipinski definition) is 2. The normalized spacial score (nSPS) is 12.2. The minimum atomic E-state index is -0.0653. The van der Waals surface area contributed by atoms with Gasteiger partial charge in [0, 0.05) is 10.4 Å². The molecule has 0 saturated carbocycles. The fraction of sp³-hybridized carbons (Fsp3) is 0.400. The summed E-state index contributed by atoms with van der Waals surface area (Å²) in [6.45, 7) is 8.62. The van der Waals surface area contributed by atoms with Crippen LogP contribution in [0.4, 0.5) is 0 Å². The molecule has 1 aromatic heterocycles. The molecule has 2 nitrogen and oxygen atoms in total. The van der Waals surface area contributed by atoms with E-state index in [9.17, 15) is 0 Å². The molecule has 4 heteroatoms. The van der Waals surface area contributed by atoms with E-state index in [1.165, 1.54) is 0 Å². The van der Waals surface area contributed by atoms with Gasteiger partial charge in [0.2, 0.25) is 5.89 Å². The van der Waals surface area contributed by atoms with Gasteiger partial charge in [0.25, 0.3) is 0 Å². The van der Waals surface area contributed by atoms with Gasteiger partial charge in [-0.05, 0) is 24.1 Å². The average Bonchev–Trinajstić information content (AvgIpc) is 2.78. The van der Waals surface area contributed by atoms with Crippen LogP contribution in [-0.4, -0.2) is 4.98 Å². The Balaban J connectivity index is 2.41. The van der Waals surface area contributed by atoms with Gasteiger partial charge in [0.05, 0.1) is 16.8 Å². The SMILES string of the molecule is CC(C)C(C)(C)c1cnc(-c2ccc(Cl)cc2Cl)o1. The van der Waals surface area contributed by atoms with Gasteiger partial charge in [0.1, 0.15) is 5.76 Å². The second-order valence-electron chi connectivity index (χ2n) is 5.53. The van der Waals surface area contributed by atoms with Crippen molar-refractivity contribution in [2.75, 3.05) is 0 Å². The summed E-state index contributed by atoms with van der Waals surface area (Å²) in [5, 5.41) is 1.14. The monoisotopic (exact) mass is 297 g/mol.